The maximum atomic E-state index is 11.7. The zero-order chi connectivity index (χ0) is 14.9. The molecule has 1 unspecified atom stereocenters. The van der Waals surface area contributed by atoms with Crippen molar-refractivity contribution in [1.82, 2.24) is 5.32 Å². The summed E-state index contributed by atoms with van der Waals surface area (Å²) in [7, 11) is 0. The van der Waals surface area contributed by atoms with Gasteiger partial charge in [-0.2, -0.15) is 11.8 Å². The molecule has 2 aliphatic rings. The average molecular weight is 305 g/mol. The van der Waals surface area contributed by atoms with Crippen molar-refractivity contribution in [1.29, 1.82) is 0 Å². The van der Waals surface area contributed by atoms with E-state index in [4.69, 9.17) is 0 Å². The van der Waals surface area contributed by atoms with E-state index in [0.717, 1.165) is 30.2 Å². The first-order valence-corrected chi connectivity index (χ1v) is 8.71. The molecule has 5 heteroatoms. The minimum atomic E-state index is 0.000484. The van der Waals surface area contributed by atoms with Gasteiger partial charge >= 0.3 is 6.03 Å². The molecule has 21 heavy (non-hydrogen) atoms. The Balaban J connectivity index is 1.68. The first-order valence-electron chi connectivity index (χ1n) is 7.56. The summed E-state index contributed by atoms with van der Waals surface area (Å²) in [4.78, 5) is 13.4. The first kappa shape index (κ1) is 14.6. The molecule has 0 aromatic heterocycles. The van der Waals surface area contributed by atoms with Crippen molar-refractivity contribution in [2.45, 2.75) is 26.3 Å². The zero-order valence-electron chi connectivity index (χ0n) is 12.7. The van der Waals surface area contributed by atoms with Gasteiger partial charge in [-0.05, 0) is 41.9 Å². The Morgan fingerprint density at radius 3 is 2.71 bits per heavy atom. The van der Waals surface area contributed by atoms with Crippen molar-refractivity contribution in [3.63, 3.8) is 0 Å². The normalized spacial score (nSPS) is 24.8. The summed E-state index contributed by atoms with van der Waals surface area (Å²) in [5, 5.41) is 6.49. The molecule has 2 amide bonds. The molecular weight excluding hydrogens is 282 g/mol. The molecule has 3 rings (SSSR count). The van der Waals surface area contributed by atoms with Crippen LogP contribution in [0.15, 0.2) is 24.3 Å². The van der Waals surface area contributed by atoms with Crippen molar-refractivity contribution in [2.24, 2.45) is 5.41 Å². The highest BCUT2D eigenvalue weighted by atomic mass is 32.2. The van der Waals surface area contributed by atoms with Gasteiger partial charge in [-0.1, -0.05) is 13.8 Å². The molecule has 4 nitrogen and oxygen atoms in total. The lowest BCUT2D eigenvalue weighted by Crippen LogP contribution is -2.41. The molecule has 1 atom stereocenters. The Morgan fingerprint density at radius 1 is 1.33 bits per heavy atom. The van der Waals surface area contributed by atoms with Crippen molar-refractivity contribution in [2.75, 3.05) is 34.8 Å². The molecule has 2 aliphatic heterocycles. The monoisotopic (exact) mass is 305 g/mol. The molecule has 1 aromatic rings. The van der Waals surface area contributed by atoms with Crippen LogP contribution < -0.4 is 15.5 Å². The Kier molecular flexibility index (Phi) is 4.02. The van der Waals surface area contributed by atoms with Gasteiger partial charge in [-0.25, -0.2) is 4.79 Å². The highest BCUT2D eigenvalue weighted by Crippen LogP contribution is 2.36. The van der Waals surface area contributed by atoms with Gasteiger partial charge in [0.1, 0.15) is 0 Å². The second-order valence-corrected chi connectivity index (χ2v) is 7.59. The number of nitrogens with one attached hydrogen (secondary N) is 2. The summed E-state index contributed by atoms with van der Waals surface area (Å²) >= 11 is 2.02. The van der Waals surface area contributed by atoms with Gasteiger partial charge in [-0.15, -0.1) is 0 Å². The van der Waals surface area contributed by atoms with E-state index in [1.54, 1.807) is 4.90 Å². The summed E-state index contributed by atoms with van der Waals surface area (Å²) in [5.41, 5.74) is 2.44. The van der Waals surface area contributed by atoms with E-state index in [1.165, 1.54) is 12.2 Å². The number of urea groups is 1. The van der Waals surface area contributed by atoms with Gasteiger partial charge in [0.2, 0.25) is 0 Å². The number of amides is 2. The predicted molar refractivity (Wildman–Crippen MR) is 90.3 cm³/mol. The number of carbonyl (C=O) groups excluding carboxylic acids is 1. The van der Waals surface area contributed by atoms with E-state index in [-0.39, 0.29) is 6.03 Å². The Morgan fingerprint density at radius 2 is 2.10 bits per heavy atom. The molecule has 2 saturated heterocycles. The number of thioether (sulfide) groups is 1. The second kappa shape index (κ2) is 5.79. The van der Waals surface area contributed by atoms with Gasteiger partial charge < -0.3 is 10.6 Å². The largest absolute Gasteiger partial charge is 0.381 e. The van der Waals surface area contributed by atoms with E-state index >= 15 is 0 Å². The van der Waals surface area contributed by atoms with Crippen LogP contribution in [0.5, 0.6) is 0 Å². The van der Waals surface area contributed by atoms with Crippen LogP contribution in [0.3, 0.4) is 0 Å². The maximum Gasteiger partial charge on any atom is 0.321 e. The van der Waals surface area contributed by atoms with Gasteiger partial charge in [0.25, 0.3) is 0 Å². The van der Waals surface area contributed by atoms with E-state index < -0.39 is 0 Å². The summed E-state index contributed by atoms with van der Waals surface area (Å²) < 4.78 is 0. The number of anilines is 2. The van der Waals surface area contributed by atoms with Crippen LogP contribution in [0, 0.1) is 5.41 Å². The first-order chi connectivity index (χ1) is 10.1. The third kappa shape index (κ3) is 3.12. The third-order valence-corrected chi connectivity index (χ3v) is 5.56. The minimum Gasteiger partial charge on any atom is -0.381 e. The van der Waals surface area contributed by atoms with Crippen LogP contribution in [0.1, 0.15) is 20.3 Å². The van der Waals surface area contributed by atoms with Crippen LogP contribution in [-0.2, 0) is 0 Å². The van der Waals surface area contributed by atoms with E-state index in [9.17, 15) is 4.79 Å². The maximum absolute atomic E-state index is 11.7. The molecule has 0 spiro atoms. The number of rotatable bonds is 3. The molecule has 0 aliphatic carbocycles. The number of hydrogen-bond donors (Lipinski definition) is 2. The SMILES string of the molecule is CC1(C)CCSCC1Nc1ccc(N2CCNC2=O)cc1. The lowest BCUT2D eigenvalue weighted by Gasteiger charge is -2.39. The van der Waals surface area contributed by atoms with Crippen molar-refractivity contribution in [3.05, 3.63) is 24.3 Å². The van der Waals surface area contributed by atoms with Crippen molar-refractivity contribution in [3.8, 4) is 0 Å². The molecule has 1 aromatic carbocycles. The van der Waals surface area contributed by atoms with Crippen LogP contribution in [0.25, 0.3) is 0 Å². The predicted octanol–water partition coefficient (Wildman–Crippen LogP) is 3.16. The van der Waals surface area contributed by atoms with Gasteiger partial charge in [0.05, 0.1) is 0 Å². The van der Waals surface area contributed by atoms with E-state index in [1.807, 2.05) is 23.9 Å². The summed E-state index contributed by atoms with van der Waals surface area (Å²) in [6.45, 7) is 6.16. The molecule has 114 valence electrons. The van der Waals surface area contributed by atoms with Gasteiger partial charge in [-0.3, -0.25) is 4.90 Å². The van der Waals surface area contributed by atoms with Crippen LogP contribution in [-0.4, -0.2) is 36.7 Å². The molecule has 0 radical (unpaired) electrons. The summed E-state index contributed by atoms with van der Waals surface area (Å²) in [6.07, 6.45) is 1.25. The minimum absolute atomic E-state index is 0.000484. The molecule has 0 bridgehead atoms. The highest BCUT2D eigenvalue weighted by Gasteiger charge is 2.32. The molecule has 2 N–H and O–H groups in total. The number of nitrogens with zero attached hydrogens (tertiary/aromatic N) is 1. The van der Waals surface area contributed by atoms with Gasteiger partial charge in [0.15, 0.2) is 0 Å². The van der Waals surface area contributed by atoms with Crippen molar-refractivity contribution < 1.29 is 4.79 Å². The lowest BCUT2D eigenvalue weighted by molar-refractivity contribution is 0.252. The Bertz CT molecular complexity index is 515. The molecule has 0 saturated carbocycles. The fraction of sp³-hybridized carbons (Fsp3) is 0.562. The lowest BCUT2D eigenvalue weighted by atomic mass is 9.82. The smallest absolute Gasteiger partial charge is 0.321 e. The van der Waals surface area contributed by atoms with Crippen molar-refractivity contribution >= 4 is 29.2 Å². The summed E-state index contributed by atoms with van der Waals surface area (Å²) in [6, 6.07) is 8.71. The summed E-state index contributed by atoms with van der Waals surface area (Å²) in [5.74, 6) is 2.41. The molecule has 2 fully saturated rings. The van der Waals surface area contributed by atoms with Crippen LogP contribution in [0.4, 0.5) is 16.2 Å². The standard InChI is InChI=1S/C16H23N3OS/c1-16(2)7-10-21-11-14(16)18-12-3-5-13(6-4-12)19-9-8-17-15(19)20/h3-6,14,18H,7-11H2,1-2H3,(H,17,20). The highest BCUT2D eigenvalue weighted by molar-refractivity contribution is 7.99. The van der Waals surface area contributed by atoms with E-state index in [2.05, 4.69) is 36.6 Å². The third-order valence-electron chi connectivity index (χ3n) is 4.50. The average Bonchev–Trinajstić information content (AvgIpc) is 2.88. The number of hydrogen-bond acceptors (Lipinski definition) is 3. The fourth-order valence-corrected chi connectivity index (χ4v) is 4.44. The van der Waals surface area contributed by atoms with E-state index in [0.29, 0.717) is 11.5 Å². The molecule has 2 heterocycles. The molecular formula is C16H23N3OS. The quantitative estimate of drug-likeness (QED) is 0.901. The fourth-order valence-electron chi connectivity index (χ4n) is 2.83. The van der Waals surface area contributed by atoms with Crippen LogP contribution >= 0.6 is 11.8 Å². The second-order valence-electron chi connectivity index (χ2n) is 6.44. The number of carbonyl (C=O) groups is 1. The number of benzene rings is 1. The Labute approximate surface area is 130 Å². The van der Waals surface area contributed by atoms with Crippen LogP contribution in [0.2, 0.25) is 0 Å². The topological polar surface area (TPSA) is 44.4 Å². The Hall–Kier alpha value is -1.36. The zero-order valence-corrected chi connectivity index (χ0v) is 13.5. The van der Waals surface area contributed by atoms with Gasteiger partial charge in [0, 0.05) is 36.3 Å².